The van der Waals surface area contributed by atoms with Crippen LogP contribution in [0, 0.1) is 11.8 Å². The Morgan fingerprint density at radius 3 is 2.63 bits per heavy atom. The van der Waals surface area contributed by atoms with Crippen molar-refractivity contribution in [2.24, 2.45) is 11.8 Å². The molecular formula is C19H29N7O4. The van der Waals surface area contributed by atoms with E-state index in [-0.39, 0.29) is 61.3 Å². The molecule has 0 bridgehead atoms. The van der Waals surface area contributed by atoms with Crippen molar-refractivity contribution in [1.82, 2.24) is 34.9 Å². The number of fused-ring (bicyclic) bond motifs is 1. The van der Waals surface area contributed by atoms with Gasteiger partial charge in [0.15, 0.2) is 6.33 Å². The van der Waals surface area contributed by atoms with Crippen molar-refractivity contribution in [3.8, 4) is 0 Å². The maximum atomic E-state index is 13.3. The molecule has 3 aliphatic heterocycles. The average molecular weight is 419 g/mol. The average Bonchev–Trinajstić information content (AvgIpc) is 3.40. The number of aromatic nitrogens is 4. The van der Waals surface area contributed by atoms with E-state index in [2.05, 4.69) is 15.4 Å². The van der Waals surface area contributed by atoms with Crippen LogP contribution < -0.4 is 0 Å². The Labute approximate surface area is 175 Å². The fourth-order valence-corrected chi connectivity index (χ4v) is 5.13. The van der Waals surface area contributed by atoms with Crippen LogP contribution in [0.4, 0.5) is 0 Å². The molecule has 1 aromatic rings. The van der Waals surface area contributed by atoms with Gasteiger partial charge in [-0.1, -0.05) is 6.92 Å². The number of aliphatic hydroxyl groups is 1. The standard InChI is InChI=1S/C19H29N7O4/c1-2-16-15(19(30)23-5-3-13(11-27)4-6-23)7-14-8-24(9-18(29)26(14)16)17(28)10-25-21-12-20-22-25/h12-16,27H,2-11H2,1H3/t14-,15-,16-/m1/s1. The topological polar surface area (TPSA) is 125 Å². The SMILES string of the molecule is CC[C@@H]1[C@H](C(=O)N2CCC(CO)CC2)C[C@@H]2CN(C(=O)Cn3ncnn3)CC(=O)N21. The maximum Gasteiger partial charge on any atom is 0.246 e. The van der Waals surface area contributed by atoms with Crippen LogP contribution in [0.3, 0.4) is 0 Å². The van der Waals surface area contributed by atoms with Crippen molar-refractivity contribution >= 4 is 17.7 Å². The first-order valence-electron chi connectivity index (χ1n) is 10.7. The van der Waals surface area contributed by atoms with Gasteiger partial charge in [-0.15, -0.1) is 10.2 Å². The number of rotatable bonds is 5. The molecule has 0 spiro atoms. The minimum absolute atomic E-state index is 0.0172. The van der Waals surface area contributed by atoms with Crippen LogP contribution in [-0.4, -0.2) is 103 Å². The number of hydrogen-bond acceptors (Lipinski definition) is 7. The van der Waals surface area contributed by atoms with Crippen LogP contribution in [0.5, 0.6) is 0 Å². The summed E-state index contributed by atoms with van der Waals surface area (Å²) in [4.78, 5) is 45.3. The minimum atomic E-state index is -0.235. The van der Waals surface area contributed by atoms with Gasteiger partial charge in [0.05, 0.1) is 18.5 Å². The molecule has 3 saturated heterocycles. The molecule has 30 heavy (non-hydrogen) atoms. The molecule has 4 rings (SSSR count). The summed E-state index contributed by atoms with van der Waals surface area (Å²) in [6.07, 6.45) is 4.18. The first-order valence-corrected chi connectivity index (χ1v) is 10.7. The summed E-state index contributed by atoms with van der Waals surface area (Å²) in [6, 6.07) is -0.271. The van der Waals surface area contributed by atoms with E-state index in [1.807, 2.05) is 16.7 Å². The van der Waals surface area contributed by atoms with E-state index in [0.717, 1.165) is 12.8 Å². The molecule has 4 heterocycles. The normalized spacial score (nSPS) is 27.5. The molecule has 3 atom stereocenters. The van der Waals surface area contributed by atoms with Crippen LogP contribution in [0.1, 0.15) is 32.6 Å². The van der Waals surface area contributed by atoms with Gasteiger partial charge in [0.1, 0.15) is 6.54 Å². The van der Waals surface area contributed by atoms with E-state index in [0.29, 0.717) is 32.5 Å². The molecule has 0 aliphatic carbocycles. The Bertz CT molecular complexity index is 778. The minimum Gasteiger partial charge on any atom is -0.396 e. The Kier molecular flexibility index (Phi) is 5.98. The smallest absolute Gasteiger partial charge is 0.246 e. The van der Waals surface area contributed by atoms with Crippen LogP contribution in [0.15, 0.2) is 6.33 Å². The third-order valence-corrected chi connectivity index (χ3v) is 6.73. The summed E-state index contributed by atoms with van der Waals surface area (Å²) in [6.45, 7) is 3.87. The van der Waals surface area contributed by atoms with Gasteiger partial charge in [-0.3, -0.25) is 14.4 Å². The van der Waals surface area contributed by atoms with Gasteiger partial charge < -0.3 is 19.8 Å². The molecule has 11 heteroatoms. The first-order chi connectivity index (χ1) is 14.5. The molecule has 3 amide bonds. The van der Waals surface area contributed by atoms with E-state index >= 15 is 0 Å². The highest BCUT2D eigenvalue weighted by Gasteiger charge is 2.50. The summed E-state index contributed by atoms with van der Waals surface area (Å²) in [5, 5.41) is 20.5. The van der Waals surface area contributed by atoms with Crippen molar-refractivity contribution in [3.63, 3.8) is 0 Å². The number of aliphatic hydroxyl groups excluding tert-OH is 1. The number of piperazine rings is 1. The van der Waals surface area contributed by atoms with Crippen molar-refractivity contribution in [2.75, 3.05) is 32.8 Å². The molecule has 11 nitrogen and oxygen atoms in total. The third kappa shape index (κ3) is 3.90. The van der Waals surface area contributed by atoms with E-state index < -0.39 is 0 Å². The molecule has 3 aliphatic rings. The lowest BCUT2D eigenvalue weighted by Crippen LogP contribution is -2.58. The molecule has 0 aromatic carbocycles. The second-order valence-electron chi connectivity index (χ2n) is 8.46. The third-order valence-electron chi connectivity index (χ3n) is 6.73. The van der Waals surface area contributed by atoms with E-state index in [1.54, 1.807) is 4.90 Å². The zero-order valence-electron chi connectivity index (χ0n) is 17.3. The molecule has 3 fully saturated rings. The lowest BCUT2D eigenvalue weighted by molar-refractivity contribution is -0.150. The first kappa shape index (κ1) is 20.7. The van der Waals surface area contributed by atoms with Gasteiger partial charge in [-0.2, -0.15) is 4.80 Å². The number of amides is 3. The summed E-state index contributed by atoms with van der Waals surface area (Å²) in [5.41, 5.74) is 0. The highest BCUT2D eigenvalue weighted by molar-refractivity contribution is 5.88. The molecule has 0 saturated carbocycles. The zero-order chi connectivity index (χ0) is 21.3. The van der Waals surface area contributed by atoms with Crippen LogP contribution >= 0.6 is 0 Å². The van der Waals surface area contributed by atoms with Gasteiger partial charge in [0.25, 0.3) is 0 Å². The van der Waals surface area contributed by atoms with Gasteiger partial charge in [0.2, 0.25) is 17.7 Å². The van der Waals surface area contributed by atoms with Crippen molar-refractivity contribution in [1.29, 1.82) is 0 Å². The van der Waals surface area contributed by atoms with E-state index in [1.165, 1.54) is 11.1 Å². The molecule has 1 N–H and O–H groups in total. The van der Waals surface area contributed by atoms with Gasteiger partial charge in [0, 0.05) is 32.3 Å². The van der Waals surface area contributed by atoms with Crippen molar-refractivity contribution in [3.05, 3.63) is 6.33 Å². The highest BCUT2D eigenvalue weighted by Crippen LogP contribution is 2.36. The fourth-order valence-electron chi connectivity index (χ4n) is 5.13. The number of carbonyl (C=O) groups is 3. The number of tetrazole rings is 1. The van der Waals surface area contributed by atoms with E-state index in [4.69, 9.17) is 0 Å². The lowest BCUT2D eigenvalue weighted by Gasteiger charge is -2.40. The molecule has 1 aromatic heterocycles. The summed E-state index contributed by atoms with van der Waals surface area (Å²) in [7, 11) is 0. The Balaban J connectivity index is 1.43. The maximum absolute atomic E-state index is 13.3. The monoisotopic (exact) mass is 419 g/mol. The van der Waals surface area contributed by atoms with Gasteiger partial charge in [-0.25, -0.2) is 0 Å². The second kappa shape index (κ2) is 8.66. The van der Waals surface area contributed by atoms with Gasteiger partial charge in [-0.05, 0) is 36.8 Å². The Morgan fingerprint density at radius 1 is 1.23 bits per heavy atom. The summed E-state index contributed by atoms with van der Waals surface area (Å²) in [5.74, 6) is -0.194. The zero-order valence-corrected chi connectivity index (χ0v) is 17.3. The molecule has 0 radical (unpaired) electrons. The number of piperidine rings is 1. The predicted octanol–water partition coefficient (Wildman–Crippen LogP) is -1.26. The quantitative estimate of drug-likeness (QED) is 0.632. The van der Waals surface area contributed by atoms with E-state index in [9.17, 15) is 19.5 Å². The number of nitrogens with zero attached hydrogens (tertiary/aromatic N) is 7. The Morgan fingerprint density at radius 2 is 2.00 bits per heavy atom. The van der Waals surface area contributed by atoms with Crippen LogP contribution in [0.25, 0.3) is 0 Å². The van der Waals surface area contributed by atoms with Gasteiger partial charge >= 0.3 is 0 Å². The lowest BCUT2D eigenvalue weighted by atomic mass is 9.92. The van der Waals surface area contributed by atoms with Crippen molar-refractivity contribution in [2.45, 2.75) is 51.2 Å². The Hall–Kier alpha value is -2.56. The summed E-state index contributed by atoms with van der Waals surface area (Å²) >= 11 is 0. The molecule has 164 valence electrons. The summed E-state index contributed by atoms with van der Waals surface area (Å²) < 4.78 is 0. The number of hydrogen-bond donors (Lipinski definition) is 1. The number of likely N-dealkylation sites (tertiary alicyclic amines) is 1. The molecular weight excluding hydrogens is 390 g/mol. The van der Waals surface area contributed by atoms with Crippen LogP contribution in [0.2, 0.25) is 0 Å². The fraction of sp³-hybridized carbons (Fsp3) is 0.789. The van der Waals surface area contributed by atoms with Crippen LogP contribution in [-0.2, 0) is 20.9 Å². The molecule has 0 unspecified atom stereocenters. The largest absolute Gasteiger partial charge is 0.396 e. The predicted molar refractivity (Wildman–Crippen MR) is 104 cm³/mol. The number of carbonyl (C=O) groups excluding carboxylic acids is 3. The van der Waals surface area contributed by atoms with Crippen molar-refractivity contribution < 1.29 is 19.5 Å². The second-order valence-corrected chi connectivity index (χ2v) is 8.46. The highest BCUT2D eigenvalue weighted by atomic mass is 16.3.